The number of rotatable bonds is 4. The fraction of sp³-hybridized carbons (Fsp3) is 0.318. The van der Waals surface area contributed by atoms with Crippen molar-refractivity contribution >= 4 is 16.8 Å². The molecule has 1 aliphatic heterocycles. The van der Waals surface area contributed by atoms with E-state index in [0.717, 1.165) is 48.3 Å². The second kappa shape index (κ2) is 6.96. The molecule has 1 fully saturated rings. The summed E-state index contributed by atoms with van der Waals surface area (Å²) in [5, 5.41) is 4.56. The van der Waals surface area contributed by atoms with Gasteiger partial charge in [-0.2, -0.15) is 0 Å². The number of nitrogens with zero attached hydrogens (tertiary/aromatic N) is 1. The Morgan fingerprint density at radius 2 is 1.96 bits per heavy atom. The number of fused-ring (bicyclic) bond motifs is 1. The number of hydrogen-bond donors (Lipinski definition) is 2. The van der Waals surface area contributed by atoms with Crippen LogP contribution in [-0.2, 0) is 0 Å². The minimum atomic E-state index is 0.113. The largest absolute Gasteiger partial charge is 0.361 e. The van der Waals surface area contributed by atoms with Gasteiger partial charge in [-0.05, 0) is 78.7 Å². The van der Waals surface area contributed by atoms with Crippen LogP contribution in [0.15, 0.2) is 48.7 Å². The van der Waals surface area contributed by atoms with Crippen LogP contribution in [-0.4, -0.2) is 42.5 Å². The molecule has 1 amide bonds. The molecule has 0 unspecified atom stereocenters. The Hall–Kier alpha value is -2.59. The van der Waals surface area contributed by atoms with Gasteiger partial charge in [-0.15, -0.1) is 0 Å². The molecule has 134 valence electrons. The first-order chi connectivity index (χ1) is 12.6. The molecule has 4 heteroatoms. The third-order valence-corrected chi connectivity index (χ3v) is 5.38. The van der Waals surface area contributed by atoms with Gasteiger partial charge in [-0.3, -0.25) is 4.79 Å². The molecule has 2 N–H and O–H groups in total. The molecule has 1 aromatic heterocycles. The second-order valence-corrected chi connectivity index (χ2v) is 7.35. The van der Waals surface area contributed by atoms with Gasteiger partial charge in [0.05, 0.1) is 0 Å². The van der Waals surface area contributed by atoms with E-state index in [9.17, 15) is 4.79 Å². The number of aromatic nitrogens is 1. The minimum absolute atomic E-state index is 0.113. The first-order valence-corrected chi connectivity index (χ1v) is 9.26. The molecule has 0 spiro atoms. The van der Waals surface area contributed by atoms with Crippen LogP contribution in [0.5, 0.6) is 0 Å². The van der Waals surface area contributed by atoms with Crippen LogP contribution >= 0.6 is 0 Å². The van der Waals surface area contributed by atoms with Crippen molar-refractivity contribution in [2.75, 3.05) is 26.7 Å². The van der Waals surface area contributed by atoms with Crippen molar-refractivity contribution in [2.24, 2.45) is 5.92 Å². The Labute approximate surface area is 154 Å². The monoisotopic (exact) mass is 347 g/mol. The van der Waals surface area contributed by atoms with Crippen molar-refractivity contribution in [1.82, 2.24) is 15.2 Å². The van der Waals surface area contributed by atoms with Crippen molar-refractivity contribution < 1.29 is 4.79 Å². The highest BCUT2D eigenvalue weighted by molar-refractivity contribution is 5.96. The van der Waals surface area contributed by atoms with Gasteiger partial charge in [0, 0.05) is 30.9 Å². The van der Waals surface area contributed by atoms with Crippen molar-refractivity contribution in [1.29, 1.82) is 0 Å². The van der Waals surface area contributed by atoms with Crippen LogP contribution in [0.1, 0.15) is 22.3 Å². The molecular formula is C22H25N3O. The summed E-state index contributed by atoms with van der Waals surface area (Å²) in [7, 11) is 1.91. The Morgan fingerprint density at radius 1 is 1.15 bits per heavy atom. The van der Waals surface area contributed by atoms with Gasteiger partial charge in [0.15, 0.2) is 0 Å². The average Bonchev–Trinajstić information content (AvgIpc) is 3.31. The quantitative estimate of drug-likeness (QED) is 0.754. The van der Waals surface area contributed by atoms with Gasteiger partial charge >= 0.3 is 0 Å². The van der Waals surface area contributed by atoms with Gasteiger partial charge in [-0.1, -0.05) is 18.2 Å². The lowest BCUT2D eigenvalue weighted by Crippen LogP contribution is -2.33. The topological polar surface area (TPSA) is 48.1 Å². The second-order valence-electron chi connectivity index (χ2n) is 7.35. The number of aryl methyl sites for hydroxylation is 1. The van der Waals surface area contributed by atoms with E-state index in [-0.39, 0.29) is 5.91 Å². The summed E-state index contributed by atoms with van der Waals surface area (Å²) in [6.07, 6.45) is 3.11. The maximum absolute atomic E-state index is 12.8. The van der Waals surface area contributed by atoms with Crippen molar-refractivity contribution in [3.05, 3.63) is 59.8 Å². The number of benzene rings is 2. The molecule has 26 heavy (non-hydrogen) atoms. The Morgan fingerprint density at radius 3 is 2.73 bits per heavy atom. The lowest BCUT2D eigenvalue weighted by atomic mass is 9.98. The zero-order chi connectivity index (χ0) is 18.1. The third kappa shape index (κ3) is 3.25. The third-order valence-electron chi connectivity index (χ3n) is 5.38. The van der Waals surface area contributed by atoms with Crippen molar-refractivity contribution in [3.8, 4) is 11.1 Å². The average molecular weight is 347 g/mol. The summed E-state index contributed by atoms with van der Waals surface area (Å²) in [5.41, 5.74) is 5.28. The number of carbonyl (C=O) groups excluding carboxylic acids is 1. The number of nitrogens with one attached hydrogen (secondary N) is 2. The predicted octanol–water partition coefficient (Wildman–Crippen LogP) is 3.82. The summed E-state index contributed by atoms with van der Waals surface area (Å²) < 4.78 is 0. The molecule has 2 aromatic carbocycles. The van der Waals surface area contributed by atoms with Gasteiger partial charge in [0.1, 0.15) is 0 Å². The summed E-state index contributed by atoms with van der Waals surface area (Å²) in [6.45, 7) is 4.91. The number of hydrogen-bond acceptors (Lipinski definition) is 2. The number of carbonyl (C=O) groups is 1. The highest BCUT2D eigenvalue weighted by Gasteiger charge is 2.21. The number of aromatic amines is 1. The van der Waals surface area contributed by atoms with Gasteiger partial charge in [0.25, 0.3) is 5.91 Å². The van der Waals surface area contributed by atoms with Crippen LogP contribution in [0.4, 0.5) is 0 Å². The lowest BCUT2D eigenvalue weighted by Gasteiger charge is -2.22. The maximum Gasteiger partial charge on any atom is 0.253 e. The molecule has 4 nitrogen and oxygen atoms in total. The van der Waals surface area contributed by atoms with E-state index < -0.39 is 0 Å². The zero-order valence-corrected chi connectivity index (χ0v) is 15.4. The van der Waals surface area contributed by atoms with Crippen LogP contribution in [0.2, 0.25) is 0 Å². The normalized spacial score (nSPS) is 16.9. The summed E-state index contributed by atoms with van der Waals surface area (Å²) in [5.74, 6) is 0.679. The molecule has 0 bridgehead atoms. The summed E-state index contributed by atoms with van der Waals surface area (Å²) in [4.78, 5) is 17.9. The predicted molar refractivity (Wildman–Crippen MR) is 106 cm³/mol. The summed E-state index contributed by atoms with van der Waals surface area (Å²) in [6, 6.07) is 14.6. The minimum Gasteiger partial charge on any atom is -0.361 e. The number of amides is 1. The Kier molecular flexibility index (Phi) is 4.51. The first-order valence-electron chi connectivity index (χ1n) is 9.26. The van der Waals surface area contributed by atoms with Crippen molar-refractivity contribution in [2.45, 2.75) is 13.3 Å². The molecule has 1 atom stereocenters. The van der Waals surface area contributed by atoms with E-state index in [0.29, 0.717) is 5.92 Å². The van der Waals surface area contributed by atoms with E-state index in [1.165, 1.54) is 10.9 Å². The molecule has 1 aliphatic rings. The highest BCUT2D eigenvalue weighted by atomic mass is 16.2. The first kappa shape index (κ1) is 16.9. The SMILES string of the molecule is Cc1cc(-c2ccc3[nH]ccc3c2)ccc1C(=O)N(C)C[C@@H]1CCNC1. The van der Waals surface area contributed by atoms with Crippen LogP contribution in [0.3, 0.4) is 0 Å². The Balaban J connectivity index is 1.55. The number of H-pyrrole nitrogens is 1. The van der Waals surface area contributed by atoms with Crippen molar-refractivity contribution in [3.63, 3.8) is 0 Å². The van der Waals surface area contributed by atoms with E-state index >= 15 is 0 Å². The van der Waals surface area contributed by atoms with Gasteiger partial charge < -0.3 is 15.2 Å². The van der Waals surface area contributed by atoms with Crippen LogP contribution < -0.4 is 5.32 Å². The fourth-order valence-corrected chi connectivity index (χ4v) is 3.86. The smallest absolute Gasteiger partial charge is 0.253 e. The zero-order valence-electron chi connectivity index (χ0n) is 15.4. The molecule has 3 aromatic rings. The molecule has 0 saturated carbocycles. The molecule has 0 aliphatic carbocycles. The van der Waals surface area contributed by atoms with Crippen LogP contribution in [0, 0.1) is 12.8 Å². The van der Waals surface area contributed by atoms with Crippen LogP contribution in [0.25, 0.3) is 22.0 Å². The molecule has 1 saturated heterocycles. The van der Waals surface area contributed by atoms with E-state index in [4.69, 9.17) is 0 Å². The fourth-order valence-electron chi connectivity index (χ4n) is 3.86. The molecule has 4 rings (SSSR count). The maximum atomic E-state index is 12.8. The molecule has 0 radical (unpaired) electrons. The highest BCUT2D eigenvalue weighted by Crippen LogP contribution is 2.26. The Bertz CT molecular complexity index is 937. The van der Waals surface area contributed by atoms with E-state index in [1.54, 1.807) is 0 Å². The van der Waals surface area contributed by atoms with E-state index in [1.807, 2.05) is 31.1 Å². The summed E-state index contributed by atoms with van der Waals surface area (Å²) >= 11 is 0. The molecular weight excluding hydrogens is 322 g/mol. The lowest BCUT2D eigenvalue weighted by molar-refractivity contribution is 0.0775. The van der Waals surface area contributed by atoms with Gasteiger partial charge in [-0.25, -0.2) is 0 Å². The van der Waals surface area contributed by atoms with E-state index in [2.05, 4.69) is 46.7 Å². The molecule has 2 heterocycles. The standard InChI is InChI=1S/C22H25N3O/c1-15-11-17(18-4-6-21-19(12-18)8-10-24-21)3-5-20(15)22(26)25(2)14-16-7-9-23-13-16/h3-6,8,10-12,16,23-24H,7,9,13-14H2,1-2H3/t16-/m1/s1. The van der Waals surface area contributed by atoms with Gasteiger partial charge in [0.2, 0.25) is 0 Å².